The Morgan fingerprint density at radius 3 is 2.86 bits per heavy atom. The number of nitrogens with two attached hydrogens (primary N) is 1. The van der Waals surface area contributed by atoms with Gasteiger partial charge in [0.1, 0.15) is 10.7 Å². The second kappa shape index (κ2) is 5.16. The average molecular weight is 309 g/mol. The molecular weight excluding hydrogens is 293 g/mol. The van der Waals surface area contributed by atoms with Gasteiger partial charge in [0.25, 0.3) is 0 Å². The number of hydrogen-bond donors (Lipinski definition) is 2. The Balaban J connectivity index is 2.03. The maximum absolute atomic E-state index is 13.4. The van der Waals surface area contributed by atoms with E-state index in [0.29, 0.717) is 6.54 Å². The maximum Gasteiger partial charge on any atom is 0.245 e. The van der Waals surface area contributed by atoms with Crippen molar-refractivity contribution in [2.24, 2.45) is 0 Å². The SMILES string of the molecule is Nc1ccc(F)cc1S(=O)(=O)N1CCCC1c1ccc[nH]1. The molecule has 1 unspecified atom stereocenters. The molecule has 1 aromatic heterocycles. The normalized spacial score (nSPS) is 20.0. The quantitative estimate of drug-likeness (QED) is 0.854. The van der Waals surface area contributed by atoms with Crippen molar-refractivity contribution in [3.05, 3.63) is 48.0 Å². The van der Waals surface area contributed by atoms with Gasteiger partial charge in [-0.2, -0.15) is 4.31 Å². The average Bonchev–Trinajstić information content (AvgIpc) is 3.10. The molecule has 2 aromatic rings. The van der Waals surface area contributed by atoms with Crippen LogP contribution >= 0.6 is 0 Å². The number of nitrogen functional groups attached to an aromatic ring is 1. The highest BCUT2D eigenvalue weighted by Gasteiger charge is 2.37. The van der Waals surface area contributed by atoms with E-state index in [-0.39, 0.29) is 16.6 Å². The van der Waals surface area contributed by atoms with Gasteiger partial charge in [-0.3, -0.25) is 0 Å². The summed E-state index contributed by atoms with van der Waals surface area (Å²) in [5.74, 6) is -0.613. The van der Waals surface area contributed by atoms with Crippen LogP contribution in [0.5, 0.6) is 0 Å². The van der Waals surface area contributed by atoms with E-state index >= 15 is 0 Å². The summed E-state index contributed by atoms with van der Waals surface area (Å²) in [4.78, 5) is 2.88. The van der Waals surface area contributed by atoms with Gasteiger partial charge in [-0.15, -0.1) is 0 Å². The number of sulfonamides is 1. The number of rotatable bonds is 3. The molecule has 3 rings (SSSR count). The molecule has 1 aromatic carbocycles. The number of halogens is 1. The summed E-state index contributed by atoms with van der Waals surface area (Å²) in [6.07, 6.45) is 3.25. The molecule has 5 nitrogen and oxygen atoms in total. The Kier molecular flexibility index (Phi) is 3.46. The van der Waals surface area contributed by atoms with Crippen molar-refractivity contribution >= 4 is 15.7 Å². The first-order chi connectivity index (χ1) is 10.00. The summed E-state index contributed by atoms with van der Waals surface area (Å²) in [5, 5.41) is 0. The second-order valence-corrected chi connectivity index (χ2v) is 6.94. The summed E-state index contributed by atoms with van der Waals surface area (Å²) in [7, 11) is -3.82. The van der Waals surface area contributed by atoms with Gasteiger partial charge in [0, 0.05) is 18.4 Å². The van der Waals surface area contributed by atoms with Crippen LogP contribution in [0, 0.1) is 5.82 Å². The molecule has 0 saturated carbocycles. The van der Waals surface area contributed by atoms with E-state index in [1.165, 1.54) is 10.4 Å². The molecule has 112 valence electrons. The highest BCUT2D eigenvalue weighted by molar-refractivity contribution is 7.89. The zero-order chi connectivity index (χ0) is 15.0. The Morgan fingerprint density at radius 2 is 2.14 bits per heavy atom. The van der Waals surface area contributed by atoms with E-state index in [4.69, 9.17) is 5.73 Å². The van der Waals surface area contributed by atoms with Crippen molar-refractivity contribution < 1.29 is 12.8 Å². The first kappa shape index (κ1) is 14.1. The van der Waals surface area contributed by atoms with Crippen molar-refractivity contribution in [1.29, 1.82) is 0 Å². The molecular formula is C14H16FN3O2S. The smallest absolute Gasteiger partial charge is 0.245 e. The van der Waals surface area contributed by atoms with E-state index in [1.807, 2.05) is 12.1 Å². The number of benzene rings is 1. The largest absolute Gasteiger partial charge is 0.398 e. The van der Waals surface area contributed by atoms with E-state index in [9.17, 15) is 12.8 Å². The van der Waals surface area contributed by atoms with Crippen molar-refractivity contribution in [3.8, 4) is 0 Å². The summed E-state index contributed by atoms with van der Waals surface area (Å²) in [6, 6.07) is 6.84. The van der Waals surface area contributed by atoms with E-state index < -0.39 is 15.8 Å². The van der Waals surface area contributed by atoms with Crippen LogP contribution in [0.15, 0.2) is 41.4 Å². The first-order valence-electron chi connectivity index (χ1n) is 6.70. The number of hydrogen-bond acceptors (Lipinski definition) is 3. The minimum absolute atomic E-state index is 0.0635. The topological polar surface area (TPSA) is 79.2 Å². The lowest BCUT2D eigenvalue weighted by Gasteiger charge is -2.24. The highest BCUT2D eigenvalue weighted by atomic mass is 32.2. The van der Waals surface area contributed by atoms with Crippen LogP contribution in [0.4, 0.5) is 10.1 Å². The Labute approximate surface area is 122 Å². The zero-order valence-corrected chi connectivity index (χ0v) is 12.1. The van der Waals surface area contributed by atoms with Crippen LogP contribution in [0.25, 0.3) is 0 Å². The Morgan fingerprint density at radius 1 is 1.33 bits per heavy atom. The molecule has 1 aliphatic rings. The van der Waals surface area contributed by atoms with E-state index in [2.05, 4.69) is 4.98 Å². The molecule has 7 heteroatoms. The highest BCUT2D eigenvalue weighted by Crippen LogP contribution is 2.37. The second-order valence-electron chi connectivity index (χ2n) is 5.08. The van der Waals surface area contributed by atoms with E-state index in [1.54, 1.807) is 6.20 Å². The van der Waals surface area contributed by atoms with Crippen molar-refractivity contribution in [3.63, 3.8) is 0 Å². The lowest BCUT2D eigenvalue weighted by Crippen LogP contribution is -2.31. The summed E-state index contributed by atoms with van der Waals surface area (Å²) >= 11 is 0. The van der Waals surface area contributed by atoms with Gasteiger partial charge in [0.15, 0.2) is 0 Å². The van der Waals surface area contributed by atoms with Gasteiger partial charge in [0.2, 0.25) is 10.0 Å². The minimum Gasteiger partial charge on any atom is -0.398 e. The summed E-state index contributed by atoms with van der Waals surface area (Å²) < 4.78 is 40.3. The number of nitrogens with one attached hydrogen (secondary N) is 1. The van der Waals surface area contributed by atoms with Gasteiger partial charge < -0.3 is 10.7 Å². The van der Waals surface area contributed by atoms with Crippen molar-refractivity contribution in [2.45, 2.75) is 23.8 Å². The first-order valence-corrected chi connectivity index (χ1v) is 8.14. The van der Waals surface area contributed by atoms with Crippen molar-refractivity contribution in [2.75, 3.05) is 12.3 Å². The molecule has 0 spiro atoms. The fourth-order valence-corrected chi connectivity index (χ4v) is 4.55. The predicted molar refractivity (Wildman–Crippen MR) is 77.5 cm³/mol. The van der Waals surface area contributed by atoms with Crippen molar-refractivity contribution in [1.82, 2.24) is 9.29 Å². The molecule has 0 amide bonds. The van der Waals surface area contributed by atoms with Gasteiger partial charge in [0.05, 0.1) is 11.7 Å². The molecule has 2 heterocycles. The summed E-state index contributed by atoms with van der Waals surface area (Å²) in [6.45, 7) is 0.405. The monoisotopic (exact) mass is 309 g/mol. The molecule has 1 fully saturated rings. The number of aromatic nitrogens is 1. The molecule has 0 aliphatic carbocycles. The van der Waals surface area contributed by atoms with Crippen LogP contribution in [0.1, 0.15) is 24.6 Å². The Bertz CT molecular complexity index is 744. The van der Waals surface area contributed by atoms with Crippen LogP contribution in [-0.2, 0) is 10.0 Å². The molecule has 21 heavy (non-hydrogen) atoms. The van der Waals surface area contributed by atoms with Crippen LogP contribution in [0.3, 0.4) is 0 Å². The summed E-state index contributed by atoms with van der Waals surface area (Å²) in [5.41, 5.74) is 6.63. The Hall–Kier alpha value is -1.86. The van der Waals surface area contributed by atoms with Crippen LogP contribution in [0.2, 0.25) is 0 Å². The molecule has 1 aliphatic heterocycles. The lowest BCUT2D eigenvalue weighted by molar-refractivity contribution is 0.391. The van der Waals surface area contributed by atoms with Crippen LogP contribution in [-0.4, -0.2) is 24.3 Å². The molecule has 1 atom stereocenters. The molecule has 0 bridgehead atoms. The third kappa shape index (κ3) is 2.43. The fraction of sp³-hybridized carbons (Fsp3) is 0.286. The van der Waals surface area contributed by atoms with Gasteiger partial charge in [-0.25, -0.2) is 12.8 Å². The zero-order valence-electron chi connectivity index (χ0n) is 11.3. The van der Waals surface area contributed by atoms with E-state index in [0.717, 1.165) is 30.7 Å². The standard InChI is InChI=1S/C14H16FN3O2S/c15-10-5-6-11(16)14(9-10)21(19,20)18-8-2-4-13(18)12-3-1-7-17-12/h1,3,5-7,9,13,17H,2,4,8,16H2. The number of nitrogens with zero attached hydrogens (tertiary/aromatic N) is 1. The number of anilines is 1. The lowest BCUT2D eigenvalue weighted by atomic mass is 10.2. The molecule has 3 N–H and O–H groups in total. The third-order valence-corrected chi connectivity index (χ3v) is 5.71. The maximum atomic E-state index is 13.4. The van der Waals surface area contributed by atoms with Gasteiger partial charge in [-0.05, 0) is 43.2 Å². The minimum atomic E-state index is -3.82. The fourth-order valence-electron chi connectivity index (χ4n) is 2.75. The molecule has 1 saturated heterocycles. The van der Waals surface area contributed by atoms with Gasteiger partial charge in [-0.1, -0.05) is 0 Å². The third-order valence-electron chi connectivity index (χ3n) is 3.75. The molecule has 0 radical (unpaired) electrons. The van der Waals surface area contributed by atoms with Crippen LogP contribution < -0.4 is 5.73 Å². The van der Waals surface area contributed by atoms with Gasteiger partial charge >= 0.3 is 0 Å². The number of aromatic amines is 1. The number of H-pyrrole nitrogens is 1. The predicted octanol–water partition coefficient (Wildman–Crippen LogP) is 2.26.